The third-order valence-electron chi connectivity index (χ3n) is 3.68. The van der Waals surface area contributed by atoms with Crippen LogP contribution >= 0.6 is 0 Å². The molecule has 1 fully saturated rings. The quantitative estimate of drug-likeness (QED) is 0.726. The number of hydrogen-bond donors (Lipinski definition) is 3. The summed E-state index contributed by atoms with van der Waals surface area (Å²) in [6.45, 7) is 4.32. The molecule has 2 aromatic rings. The van der Waals surface area contributed by atoms with Crippen molar-refractivity contribution >= 4 is 28.2 Å². The van der Waals surface area contributed by atoms with Crippen molar-refractivity contribution in [2.24, 2.45) is 0 Å². The molecule has 0 bridgehead atoms. The Kier molecular flexibility index (Phi) is 3.66. The van der Waals surface area contributed by atoms with Crippen molar-refractivity contribution < 1.29 is 9.53 Å². The van der Waals surface area contributed by atoms with Crippen molar-refractivity contribution in [3.8, 4) is 0 Å². The molecule has 0 radical (unpaired) electrons. The number of nitrogens with one attached hydrogen (secondary N) is 2. The first-order valence-electron chi connectivity index (χ1n) is 7.01. The van der Waals surface area contributed by atoms with Crippen LogP contribution in [-0.4, -0.2) is 53.3 Å². The van der Waals surface area contributed by atoms with Gasteiger partial charge in [0, 0.05) is 18.5 Å². The summed E-state index contributed by atoms with van der Waals surface area (Å²) in [6.07, 6.45) is 1.72. The number of anilines is 2. The maximum atomic E-state index is 12.4. The monoisotopic (exact) mass is 289 g/mol. The van der Waals surface area contributed by atoms with Gasteiger partial charge in [-0.3, -0.25) is 9.89 Å². The predicted octanol–water partition coefficient (Wildman–Crippen LogP) is 0.804. The lowest BCUT2D eigenvalue weighted by molar-refractivity contribution is -0.135. The molecule has 3 rings (SSSR count). The number of aromatic nitrogens is 2. The van der Waals surface area contributed by atoms with Crippen molar-refractivity contribution in [1.29, 1.82) is 0 Å². The van der Waals surface area contributed by atoms with Crippen LogP contribution in [0.2, 0.25) is 0 Å². The Morgan fingerprint density at radius 1 is 1.48 bits per heavy atom. The fourth-order valence-electron chi connectivity index (χ4n) is 2.49. The second-order valence-corrected chi connectivity index (χ2v) is 5.20. The fraction of sp³-hybridized carbons (Fsp3) is 0.429. The smallest absolute Gasteiger partial charge is 0.244 e. The van der Waals surface area contributed by atoms with E-state index in [9.17, 15) is 4.79 Å². The Morgan fingerprint density at radius 3 is 3.00 bits per heavy atom. The van der Waals surface area contributed by atoms with E-state index in [4.69, 9.17) is 10.5 Å². The van der Waals surface area contributed by atoms with Crippen molar-refractivity contribution in [3.63, 3.8) is 0 Å². The lowest BCUT2D eigenvalue weighted by Crippen LogP contribution is -2.47. The first-order valence-corrected chi connectivity index (χ1v) is 7.01. The number of ether oxygens (including phenoxy) is 1. The number of carbonyl (C=O) groups excluding carboxylic acids is 1. The van der Waals surface area contributed by atoms with E-state index in [2.05, 4.69) is 15.5 Å². The van der Waals surface area contributed by atoms with Gasteiger partial charge in [0.1, 0.15) is 6.04 Å². The predicted molar refractivity (Wildman–Crippen MR) is 81.0 cm³/mol. The SMILES string of the molecule is CC(Nc1cc2[nH]ncc2cc1N)C(=O)N1CCOCC1. The van der Waals surface area contributed by atoms with Crippen molar-refractivity contribution in [2.45, 2.75) is 13.0 Å². The van der Waals surface area contributed by atoms with E-state index < -0.39 is 0 Å². The average molecular weight is 289 g/mol. The maximum absolute atomic E-state index is 12.4. The van der Waals surface area contributed by atoms with Gasteiger partial charge in [0.05, 0.1) is 36.3 Å². The zero-order chi connectivity index (χ0) is 14.8. The number of fused-ring (bicyclic) bond motifs is 1. The summed E-state index contributed by atoms with van der Waals surface area (Å²) in [4.78, 5) is 14.2. The van der Waals surface area contributed by atoms with Gasteiger partial charge in [-0.05, 0) is 19.1 Å². The minimum atomic E-state index is -0.342. The lowest BCUT2D eigenvalue weighted by atomic mass is 10.2. The molecule has 1 aromatic carbocycles. The molecular formula is C14H19N5O2. The zero-order valence-electron chi connectivity index (χ0n) is 11.9. The molecule has 0 spiro atoms. The number of morpholine rings is 1. The number of nitrogens with zero attached hydrogens (tertiary/aromatic N) is 2. The first kappa shape index (κ1) is 13.7. The average Bonchev–Trinajstić information content (AvgIpc) is 2.94. The summed E-state index contributed by atoms with van der Waals surface area (Å²) >= 11 is 0. The number of nitrogen functional groups attached to an aromatic ring is 1. The van der Waals surface area contributed by atoms with Crippen LogP contribution in [0.3, 0.4) is 0 Å². The van der Waals surface area contributed by atoms with Crippen LogP contribution in [0.5, 0.6) is 0 Å². The molecule has 112 valence electrons. The summed E-state index contributed by atoms with van der Waals surface area (Å²) in [5.41, 5.74) is 8.25. The van der Waals surface area contributed by atoms with E-state index in [1.54, 1.807) is 6.20 Å². The van der Waals surface area contributed by atoms with Crippen molar-refractivity contribution in [3.05, 3.63) is 18.3 Å². The molecule has 1 aliphatic heterocycles. The van der Waals surface area contributed by atoms with E-state index in [1.165, 1.54) is 0 Å². The van der Waals surface area contributed by atoms with E-state index >= 15 is 0 Å². The van der Waals surface area contributed by atoms with Crippen LogP contribution in [0.1, 0.15) is 6.92 Å². The maximum Gasteiger partial charge on any atom is 0.244 e. The van der Waals surface area contributed by atoms with Gasteiger partial charge in [-0.2, -0.15) is 5.10 Å². The molecule has 0 saturated carbocycles. The van der Waals surface area contributed by atoms with Crippen LogP contribution in [-0.2, 0) is 9.53 Å². The topological polar surface area (TPSA) is 96.3 Å². The standard InChI is InChI=1S/C14H19N5O2/c1-9(14(20)19-2-4-21-5-3-19)17-13-7-12-10(6-11(13)15)8-16-18-12/h6-9,17H,2-5,15H2,1H3,(H,16,18). The Bertz CT molecular complexity index is 648. The summed E-state index contributed by atoms with van der Waals surface area (Å²) < 4.78 is 5.26. The number of H-pyrrole nitrogens is 1. The lowest BCUT2D eigenvalue weighted by Gasteiger charge is -2.30. The minimum absolute atomic E-state index is 0.0578. The summed E-state index contributed by atoms with van der Waals surface area (Å²) in [7, 11) is 0. The molecule has 7 nitrogen and oxygen atoms in total. The third-order valence-corrected chi connectivity index (χ3v) is 3.68. The Balaban J connectivity index is 1.74. The molecular weight excluding hydrogens is 270 g/mol. The highest BCUT2D eigenvalue weighted by Gasteiger charge is 2.22. The number of benzene rings is 1. The molecule has 0 aliphatic carbocycles. The zero-order valence-corrected chi connectivity index (χ0v) is 11.9. The molecule has 1 unspecified atom stereocenters. The minimum Gasteiger partial charge on any atom is -0.397 e. The van der Waals surface area contributed by atoms with Crippen molar-refractivity contribution in [2.75, 3.05) is 37.4 Å². The third kappa shape index (κ3) is 2.78. The highest BCUT2D eigenvalue weighted by atomic mass is 16.5. The highest BCUT2D eigenvalue weighted by Crippen LogP contribution is 2.25. The van der Waals surface area contributed by atoms with Gasteiger partial charge in [-0.1, -0.05) is 0 Å². The van der Waals surface area contributed by atoms with E-state index in [-0.39, 0.29) is 11.9 Å². The van der Waals surface area contributed by atoms with Gasteiger partial charge < -0.3 is 20.7 Å². The summed E-state index contributed by atoms with van der Waals surface area (Å²) in [5.74, 6) is 0.0578. The number of carbonyl (C=O) groups is 1. The molecule has 1 amide bonds. The van der Waals surface area contributed by atoms with Gasteiger partial charge in [0.15, 0.2) is 0 Å². The largest absolute Gasteiger partial charge is 0.397 e. The molecule has 2 heterocycles. The van der Waals surface area contributed by atoms with Crippen LogP contribution in [0.15, 0.2) is 18.3 Å². The molecule has 21 heavy (non-hydrogen) atoms. The molecule has 7 heteroatoms. The normalized spacial score (nSPS) is 16.9. The molecule has 1 atom stereocenters. The number of rotatable bonds is 3. The molecule has 1 saturated heterocycles. The van der Waals surface area contributed by atoms with Gasteiger partial charge in [-0.15, -0.1) is 0 Å². The van der Waals surface area contributed by atoms with Gasteiger partial charge >= 0.3 is 0 Å². The summed E-state index contributed by atoms with van der Waals surface area (Å²) in [5, 5.41) is 11.0. The fourth-order valence-corrected chi connectivity index (χ4v) is 2.49. The molecule has 1 aromatic heterocycles. The van der Waals surface area contributed by atoms with Gasteiger partial charge in [-0.25, -0.2) is 0 Å². The van der Waals surface area contributed by atoms with Gasteiger partial charge in [0.25, 0.3) is 0 Å². The Hall–Kier alpha value is -2.28. The van der Waals surface area contributed by atoms with Crippen molar-refractivity contribution in [1.82, 2.24) is 15.1 Å². The van der Waals surface area contributed by atoms with Crippen LogP contribution < -0.4 is 11.1 Å². The molecule has 4 N–H and O–H groups in total. The number of amides is 1. The number of aromatic amines is 1. The van der Waals surface area contributed by atoms with Gasteiger partial charge in [0.2, 0.25) is 5.91 Å². The Labute approximate surface area is 122 Å². The van der Waals surface area contributed by atoms with Crippen LogP contribution in [0, 0.1) is 0 Å². The van der Waals surface area contributed by atoms with E-state index in [0.29, 0.717) is 32.0 Å². The first-order chi connectivity index (χ1) is 10.1. The highest BCUT2D eigenvalue weighted by molar-refractivity contribution is 5.91. The molecule has 1 aliphatic rings. The summed E-state index contributed by atoms with van der Waals surface area (Å²) in [6, 6.07) is 3.37. The number of hydrogen-bond acceptors (Lipinski definition) is 5. The van der Waals surface area contributed by atoms with E-state index in [0.717, 1.165) is 16.6 Å². The second-order valence-electron chi connectivity index (χ2n) is 5.20. The van der Waals surface area contributed by atoms with Crippen LogP contribution in [0.4, 0.5) is 11.4 Å². The Morgan fingerprint density at radius 2 is 2.24 bits per heavy atom. The van der Waals surface area contributed by atoms with Crippen LogP contribution in [0.25, 0.3) is 10.9 Å². The number of nitrogens with two attached hydrogens (primary N) is 1. The second kappa shape index (κ2) is 5.61. The van der Waals surface area contributed by atoms with E-state index in [1.807, 2.05) is 24.0 Å².